The van der Waals surface area contributed by atoms with Crippen molar-refractivity contribution in [2.45, 2.75) is 57.2 Å². The van der Waals surface area contributed by atoms with Crippen molar-refractivity contribution >= 4 is 18.9 Å². The average molecular weight is 342 g/mol. The Morgan fingerprint density at radius 2 is 1.52 bits per heavy atom. The van der Waals surface area contributed by atoms with E-state index in [9.17, 15) is 10.2 Å². The van der Waals surface area contributed by atoms with Crippen LogP contribution in [-0.4, -0.2) is 46.3 Å². The maximum atomic E-state index is 9.70. The fourth-order valence-corrected chi connectivity index (χ4v) is 2.26. The lowest BCUT2D eigenvalue weighted by molar-refractivity contribution is -0.0145. The van der Waals surface area contributed by atoms with Gasteiger partial charge in [0.1, 0.15) is 0 Å². The van der Waals surface area contributed by atoms with Gasteiger partial charge < -0.3 is 24.4 Å². The van der Waals surface area contributed by atoms with Crippen LogP contribution >= 0.6 is 18.9 Å². The third-order valence-corrected chi connectivity index (χ3v) is 3.68. The maximum Gasteiger partial charge on any atom is 0.0914 e. The molecule has 0 spiro atoms. The Hall–Kier alpha value is 0.400. The fraction of sp³-hybridized carbons (Fsp3) is 0.857. The van der Waals surface area contributed by atoms with Gasteiger partial charge in [-0.1, -0.05) is 19.9 Å². The fourth-order valence-electron chi connectivity index (χ4n) is 1.64. The largest absolute Gasteiger partial charge is 0.396 e. The van der Waals surface area contributed by atoms with E-state index in [-0.39, 0.29) is 6.61 Å². The summed E-state index contributed by atoms with van der Waals surface area (Å²) in [4.78, 5) is 0. The second-order valence-corrected chi connectivity index (χ2v) is 5.76. The highest BCUT2D eigenvalue weighted by Crippen LogP contribution is 2.18. The minimum Gasteiger partial charge on any atom is -0.396 e. The zero-order valence-corrected chi connectivity index (χ0v) is 15.6. The summed E-state index contributed by atoms with van der Waals surface area (Å²) < 4.78 is 9.55. The summed E-state index contributed by atoms with van der Waals surface area (Å²) in [6.45, 7) is 8.17. The van der Waals surface area contributed by atoms with Crippen LogP contribution in [0.15, 0.2) is 12.7 Å². The Morgan fingerprint density at radius 1 is 1.05 bits per heavy atom. The molecule has 3 N–H and O–H groups in total. The van der Waals surface area contributed by atoms with E-state index >= 15 is 0 Å². The van der Waals surface area contributed by atoms with Gasteiger partial charge in [0.05, 0.1) is 24.4 Å². The highest BCUT2D eigenvalue weighted by Gasteiger charge is 2.23. The molecule has 0 aromatic heterocycles. The summed E-state index contributed by atoms with van der Waals surface area (Å²) in [6, 6.07) is 0. The van der Waals surface area contributed by atoms with E-state index in [2.05, 4.69) is 25.5 Å². The first-order valence-electron chi connectivity index (χ1n) is 7.16. The number of hydrogen-bond acceptors (Lipinski definition) is 5. The first-order valence-corrected chi connectivity index (χ1v) is 8.11. The first-order chi connectivity index (χ1) is 9.86. The minimum absolute atomic E-state index is 0.124. The highest BCUT2D eigenvalue weighted by atomic mass is 31.0. The average Bonchev–Trinajstić information content (AvgIpc) is 2.47. The summed E-state index contributed by atoms with van der Waals surface area (Å²) in [5.74, 6) is 0. The van der Waals surface area contributed by atoms with Crippen LogP contribution in [-0.2, 0) is 9.05 Å². The van der Waals surface area contributed by atoms with Crippen LogP contribution in [0.1, 0.15) is 46.0 Å². The molecule has 0 rings (SSSR count). The van der Waals surface area contributed by atoms with Gasteiger partial charge in [-0.2, -0.15) is 0 Å². The monoisotopic (exact) mass is 342 g/mol. The lowest BCUT2D eigenvalue weighted by Gasteiger charge is -2.25. The van der Waals surface area contributed by atoms with Crippen molar-refractivity contribution in [3.8, 4) is 0 Å². The molecule has 0 amide bonds. The van der Waals surface area contributed by atoms with Gasteiger partial charge in [-0.3, -0.25) is 0 Å². The second-order valence-electron chi connectivity index (χ2n) is 5.10. The summed E-state index contributed by atoms with van der Waals surface area (Å²) in [7, 11) is 4.24. The lowest BCUT2D eigenvalue weighted by Crippen LogP contribution is -2.32. The van der Waals surface area contributed by atoms with E-state index in [4.69, 9.17) is 14.2 Å². The zero-order valence-electron chi connectivity index (χ0n) is 13.3. The molecule has 0 aromatic carbocycles. The Morgan fingerprint density at radius 3 is 1.86 bits per heavy atom. The van der Waals surface area contributed by atoms with E-state index in [0.717, 1.165) is 0 Å². The molecule has 0 fully saturated rings. The van der Waals surface area contributed by atoms with Crippen LogP contribution in [0.2, 0.25) is 0 Å². The van der Waals surface area contributed by atoms with Gasteiger partial charge in [-0.25, -0.2) is 0 Å². The van der Waals surface area contributed by atoms with Gasteiger partial charge in [-0.05, 0) is 32.1 Å². The molecule has 7 heteroatoms. The van der Waals surface area contributed by atoms with Crippen LogP contribution < -0.4 is 0 Å². The second kappa shape index (κ2) is 14.0. The third-order valence-electron chi connectivity index (χ3n) is 3.34. The van der Waals surface area contributed by atoms with Crippen LogP contribution in [0.4, 0.5) is 0 Å². The molecule has 128 valence electrons. The van der Waals surface area contributed by atoms with Gasteiger partial charge in [0.2, 0.25) is 0 Å². The van der Waals surface area contributed by atoms with Gasteiger partial charge >= 0.3 is 0 Å². The molecule has 0 aliphatic heterocycles. The van der Waals surface area contributed by atoms with E-state index in [1.54, 1.807) is 6.08 Å². The van der Waals surface area contributed by atoms with Crippen molar-refractivity contribution in [3.05, 3.63) is 12.7 Å². The summed E-state index contributed by atoms with van der Waals surface area (Å²) >= 11 is 0. The van der Waals surface area contributed by atoms with Crippen molar-refractivity contribution in [1.82, 2.24) is 0 Å². The Labute approximate surface area is 133 Å². The number of hydrogen-bond donors (Lipinski definition) is 3. The number of aliphatic hydroxyl groups is 3. The van der Waals surface area contributed by atoms with Crippen molar-refractivity contribution in [2.75, 3.05) is 19.8 Å². The molecule has 4 unspecified atom stereocenters. The van der Waals surface area contributed by atoms with Gasteiger partial charge in [-0.15, -0.1) is 6.58 Å². The van der Waals surface area contributed by atoms with Gasteiger partial charge in [0, 0.05) is 25.5 Å². The molecule has 0 bridgehead atoms. The topological polar surface area (TPSA) is 79.2 Å². The lowest BCUT2D eigenvalue weighted by atomic mass is 9.96. The SMILES string of the molecule is C=CCC(O)(CC)COP.CCC(O)(CCCO)COP. The Bertz CT molecular complexity index is 256. The maximum absolute atomic E-state index is 9.70. The molecular formula is C14H32O5P2. The number of aliphatic hydroxyl groups excluding tert-OH is 1. The van der Waals surface area contributed by atoms with Crippen LogP contribution in [0.25, 0.3) is 0 Å². The molecule has 0 aliphatic carbocycles. The molecule has 4 atom stereocenters. The molecule has 0 heterocycles. The van der Waals surface area contributed by atoms with Gasteiger partial charge in [0.15, 0.2) is 0 Å². The van der Waals surface area contributed by atoms with E-state index < -0.39 is 11.2 Å². The molecular weight excluding hydrogens is 310 g/mol. The van der Waals surface area contributed by atoms with Crippen molar-refractivity contribution in [2.24, 2.45) is 0 Å². The standard InChI is InChI=1S/C7H17O3P.C7H15O2P/c1-2-7(9,6-10-11)4-3-5-8;1-3-5-7(8,4-2)6-9-10/h8-9H,2-6,11H2,1H3;3,8H,1,4-6,10H2,2H3. The van der Waals surface area contributed by atoms with Crippen molar-refractivity contribution in [3.63, 3.8) is 0 Å². The van der Waals surface area contributed by atoms with Gasteiger partial charge in [0.25, 0.3) is 0 Å². The molecule has 0 saturated heterocycles. The molecule has 21 heavy (non-hydrogen) atoms. The van der Waals surface area contributed by atoms with E-state index in [1.165, 1.54) is 0 Å². The predicted octanol–water partition coefficient (Wildman–Crippen LogP) is 2.22. The van der Waals surface area contributed by atoms with Crippen LogP contribution in [0, 0.1) is 0 Å². The summed E-state index contributed by atoms with van der Waals surface area (Å²) in [5.41, 5.74) is -1.48. The van der Waals surface area contributed by atoms with E-state index in [1.807, 2.05) is 13.8 Å². The van der Waals surface area contributed by atoms with Crippen LogP contribution in [0.3, 0.4) is 0 Å². The Balaban J connectivity index is 0. The molecule has 5 nitrogen and oxygen atoms in total. The zero-order chi connectivity index (χ0) is 16.8. The molecule has 0 radical (unpaired) electrons. The number of rotatable bonds is 11. The summed E-state index contributed by atoms with van der Waals surface area (Å²) in [6.07, 6.45) is 4.84. The Kier molecular flexibility index (Phi) is 15.8. The highest BCUT2D eigenvalue weighted by molar-refractivity contribution is 7.10. The smallest absolute Gasteiger partial charge is 0.0914 e. The molecule has 0 saturated carbocycles. The third kappa shape index (κ3) is 12.6. The normalized spacial score (nSPS) is 16.3. The van der Waals surface area contributed by atoms with Crippen molar-refractivity contribution < 1.29 is 24.4 Å². The first kappa shape index (κ1) is 23.7. The van der Waals surface area contributed by atoms with Crippen molar-refractivity contribution in [1.29, 1.82) is 0 Å². The van der Waals surface area contributed by atoms with Crippen LogP contribution in [0.5, 0.6) is 0 Å². The summed E-state index contributed by atoms with van der Waals surface area (Å²) in [5, 5.41) is 27.8. The molecule has 0 aliphatic rings. The predicted molar refractivity (Wildman–Crippen MR) is 92.9 cm³/mol. The quantitative estimate of drug-likeness (QED) is 0.396. The van der Waals surface area contributed by atoms with E-state index in [0.29, 0.717) is 45.3 Å². The minimum atomic E-state index is -0.759. The molecule has 0 aromatic rings.